The predicted octanol–water partition coefficient (Wildman–Crippen LogP) is 1.72. The zero-order valence-corrected chi connectivity index (χ0v) is 9.37. The molecule has 1 atom stereocenters. The molecule has 4 nitrogen and oxygen atoms in total. The molecule has 0 amide bonds. The van der Waals surface area contributed by atoms with Gasteiger partial charge in [0.05, 0.1) is 6.04 Å². The lowest BCUT2D eigenvalue weighted by Gasteiger charge is -2.08. The molecule has 0 aliphatic rings. The number of carbonyl (C=O) groups excluding carboxylic acids is 1. The van der Waals surface area contributed by atoms with Gasteiger partial charge in [0.15, 0.2) is 0 Å². The maximum atomic E-state index is 11.4. The normalized spacial score (nSPS) is 12.4. The molecule has 3 N–H and O–H groups in total. The molecule has 1 unspecified atom stereocenters. The maximum Gasteiger partial charge on any atom is 0.303 e. The van der Waals surface area contributed by atoms with E-state index in [0.717, 1.165) is 25.7 Å². The van der Waals surface area contributed by atoms with E-state index in [1.54, 1.807) is 0 Å². The highest BCUT2D eigenvalue weighted by Gasteiger charge is 2.13. The third-order valence-electron chi connectivity index (χ3n) is 2.36. The molecule has 0 fully saturated rings. The van der Waals surface area contributed by atoms with E-state index in [4.69, 9.17) is 10.8 Å². The minimum Gasteiger partial charge on any atom is -0.481 e. The first-order valence-electron chi connectivity index (χ1n) is 5.58. The lowest BCUT2D eigenvalue weighted by molar-refractivity contribution is -0.137. The summed E-state index contributed by atoms with van der Waals surface area (Å²) < 4.78 is 0. The van der Waals surface area contributed by atoms with Crippen LogP contribution in [0.2, 0.25) is 0 Å². The molecule has 0 aromatic rings. The number of carbonyl (C=O) groups is 2. The zero-order valence-electron chi connectivity index (χ0n) is 9.37. The number of rotatable bonds is 9. The van der Waals surface area contributed by atoms with Crippen molar-refractivity contribution in [3.8, 4) is 0 Å². The van der Waals surface area contributed by atoms with Gasteiger partial charge in [-0.15, -0.1) is 0 Å². The van der Waals surface area contributed by atoms with Gasteiger partial charge in [-0.25, -0.2) is 0 Å². The standard InChI is InChI=1S/C11H21NO3/c1-2-3-4-5-6-10(13)9(12)7-8-11(14)15/h9H,2-8,12H2,1H3,(H,14,15). The summed E-state index contributed by atoms with van der Waals surface area (Å²) in [6.45, 7) is 2.11. The molecule has 0 aromatic heterocycles. The van der Waals surface area contributed by atoms with E-state index in [-0.39, 0.29) is 18.6 Å². The van der Waals surface area contributed by atoms with Crippen LogP contribution < -0.4 is 5.73 Å². The fourth-order valence-electron chi connectivity index (χ4n) is 1.35. The topological polar surface area (TPSA) is 80.4 Å². The molecular weight excluding hydrogens is 194 g/mol. The van der Waals surface area contributed by atoms with Crippen molar-refractivity contribution >= 4 is 11.8 Å². The van der Waals surface area contributed by atoms with E-state index >= 15 is 0 Å². The number of carboxylic acids is 1. The second-order valence-electron chi connectivity index (χ2n) is 3.82. The van der Waals surface area contributed by atoms with E-state index in [9.17, 15) is 9.59 Å². The zero-order chi connectivity index (χ0) is 11.7. The van der Waals surface area contributed by atoms with E-state index < -0.39 is 12.0 Å². The van der Waals surface area contributed by atoms with Gasteiger partial charge >= 0.3 is 5.97 Å². The number of nitrogens with two attached hydrogens (primary N) is 1. The highest BCUT2D eigenvalue weighted by molar-refractivity contribution is 5.84. The van der Waals surface area contributed by atoms with Gasteiger partial charge in [-0.2, -0.15) is 0 Å². The van der Waals surface area contributed by atoms with Gasteiger partial charge < -0.3 is 10.8 Å². The van der Waals surface area contributed by atoms with E-state index in [2.05, 4.69) is 6.92 Å². The molecule has 0 bridgehead atoms. The summed E-state index contributed by atoms with van der Waals surface area (Å²) in [7, 11) is 0. The number of ketones is 1. The SMILES string of the molecule is CCCCCCC(=O)C(N)CCC(=O)O. The monoisotopic (exact) mass is 215 g/mol. The van der Waals surface area contributed by atoms with Crippen molar-refractivity contribution in [3.63, 3.8) is 0 Å². The fourth-order valence-corrected chi connectivity index (χ4v) is 1.35. The van der Waals surface area contributed by atoms with Gasteiger partial charge in [0.25, 0.3) is 0 Å². The van der Waals surface area contributed by atoms with Gasteiger partial charge in [-0.05, 0) is 12.8 Å². The van der Waals surface area contributed by atoms with Crippen LogP contribution in [0, 0.1) is 0 Å². The van der Waals surface area contributed by atoms with Gasteiger partial charge in [0.1, 0.15) is 5.78 Å². The molecule has 4 heteroatoms. The molecule has 88 valence electrons. The van der Waals surface area contributed by atoms with Crippen molar-refractivity contribution in [2.45, 2.75) is 57.9 Å². The van der Waals surface area contributed by atoms with Crippen LogP contribution in [-0.2, 0) is 9.59 Å². The van der Waals surface area contributed by atoms with Crippen LogP contribution in [0.25, 0.3) is 0 Å². The Balaban J connectivity index is 3.55. The van der Waals surface area contributed by atoms with Crippen molar-refractivity contribution in [1.82, 2.24) is 0 Å². The number of carboxylic acid groups (broad SMARTS) is 1. The molecule has 0 heterocycles. The molecule has 0 saturated carbocycles. The van der Waals surface area contributed by atoms with Crippen LogP contribution in [0.4, 0.5) is 0 Å². The number of hydrogen-bond donors (Lipinski definition) is 2. The smallest absolute Gasteiger partial charge is 0.303 e. The fraction of sp³-hybridized carbons (Fsp3) is 0.818. The Morgan fingerprint density at radius 2 is 1.87 bits per heavy atom. The summed E-state index contributed by atoms with van der Waals surface area (Å²) in [5.41, 5.74) is 5.57. The van der Waals surface area contributed by atoms with Crippen LogP contribution in [0.5, 0.6) is 0 Å². The Bertz CT molecular complexity index is 204. The highest BCUT2D eigenvalue weighted by Crippen LogP contribution is 2.06. The minimum atomic E-state index is -0.899. The first-order chi connectivity index (χ1) is 7.07. The predicted molar refractivity (Wildman–Crippen MR) is 58.6 cm³/mol. The molecule has 0 aliphatic carbocycles. The van der Waals surface area contributed by atoms with Crippen molar-refractivity contribution in [2.75, 3.05) is 0 Å². The summed E-state index contributed by atoms with van der Waals surface area (Å²) in [6, 6.07) is -0.595. The number of unbranched alkanes of at least 4 members (excludes halogenated alkanes) is 3. The average Bonchev–Trinajstić information content (AvgIpc) is 2.20. The van der Waals surface area contributed by atoms with Crippen LogP contribution >= 0.6 is 0 Å². The Kier molecular flexibility index (Phi) is 7.91. The Morgan fingerprint density at radius 1 is 1.20 bits per heavy atom. The van der Waals surface area contributed by atoms with Crippen LogP contribution in [0.15, 0.2) is 0 Å². The molecule has 0 aromatic carbocycles. The van der Waals surface area contributed by atoms with Crippen molar-refractivity contribution in [3.05, 3.63) is 0 Å². The van der Waals surface area contributed by atoms with Gasteiger partial charge in [-0.3, -0.25) is 9.59 Å². The lowest BCUT2D eigenvalue weighted by atomic mass is 10.0. The summed E-state index contributed by atoms with van der Waals surface area (Å²) in [4.78, 5) is 21.7. The summed E-state index contributed by atoms with van der Waals surface area (Å²) in [5, 5.41) is 8.42. The van der Waals surface area contributed by atoms with E-state index in [0.29, 0.717) is 6.42 Å². The second kappa shape index (κ2) is 8.41. The van der Waals surface area contributed by atoms with Crippen molar-refractivity contribution in [2.24, 2.45) is 5.73 Å². The average molecular weight is 215 g/mol. The molecule has 0 spiro atoms. The first-order valence-corrected chi connectivity index (χ1v) is 5.58. The van der Waals surface area contributed by atoms with E-state index in [1.807, 2.05) is 0 Å². The summed E-state index contributed by atoms with van der Waals surface area (Å²) in [6.07, 6.45) is 4.91. The number of Topliss-reactive ketones (excluding diaryl/α,β-unsaturated/α-hetero) is 1. The lowest BCUT2D eigenvalue weighted by Crippen LogP contribution is -2.30. The third-order valence-corrected chi connectivity index (χ3v) is 2.36. The van der Waals surface area contributed by atoms with Crippen molar-refractivity contribution in [1.29, 1.82) is 0 Å². The Labute approximate surface area is 90.8 Å². The van der Waals surface area contributed by atoms with Crippen LogP contribution in [0.3, 0.4) is 0 Å². The Morgan fingerprint density at radius 3 is 2.40 bits per heavy atom. The number of aliphatic carboxylic acids is 1. The largest absolute Gasteiger partial charge is 0.481 e. The first kappa shape index (κ1) is 14.1. The van der Waals surface area contributed by atoms with Gasteiger partial charge in [0.2, 0.25) is 0 Å². The molecule has 0 saturated heterocycles. The molecular formula is C11H21NO3. The third kappa shape index (κ3) is 8.12. The summed E-state index contributed by atoms with van der Waals surface area (Å²) >= 11 is 0. The molecule has 0 aliphatic heterocycles. The molecule has 0 radical (unpaired) electrons. The highest BCUT2D eigenvalue weighted by atomic mass is 16.4. The van der Waals surface area contributed by atoms with Crippen molar-refractivity contribution < 1.29 is 14.7 Å². The quantitative estimate of drug-likeness (QED) is 0.574. The Hall–Kier alpha value is -0.900. The molecule has 0 rings (SSSR count). The number of hydrogen-bond acceptors (Lipinski definition) is 3. The maximum absolute atomic E-state index is 11.4. The minimum absolute atomic E-state index is 0.00708. The molecule has 15 heavy (non-hydrogen) atoms. The summed E-state index contributed by atoms with van der Waals surface area (Å²) in [5.74, 6) is -0.906. The van der Waals surface area contributed by atoms with Crippen LogP contribution in [0.1, 0.15) is 51.9 Å². The van der Waals surface area contributed by atoms with Gasteiger partial charge in [0, 0.05) is 12.8 Å². The van der Waals surface area contributed by atoms with Gasteiger partial charge in [-0.1, -0.05) is 26.2 Å². The van der Waals surface area contributed by atoms with Crippen LogP contribution in [-0.4, -0.2) is 22.9 Å². The second-order valence-corrected chi connectivity index (χ2v) is 3.82. The van der Waals surface area contributed by atoms with E-state index in [1.165, 1.54) is 0 Å².